The van der Waals surface area contributed by atoms with Crippen molar-refractivity contribution in [2.24, 2.45) is 16.8 Å². The quantitative estimate of drug-likeness (QED) is 0.622. The molecule has 0 bridgehead atoms. The van der Waals surface area contributed by atoms with Crippen molar-refractivity contribution in [2.45, 2.75) is 26.7 Å². The molecule has 1 fully saturated rings. The van der Waals surface area contributed by atoms with Crippen LogP contribution in [0, 0.1) is 11.8 Å². The van der Waals surface area contributed by atoms with Crippen LogP contribution >= 0.6 is 0 Å². The molecule has 6 nitrogen and oxygen atoms in total. The Bertz CT molecular complexity index is 609. The first-order valence-electron chi connectivity index (χ1n) is 9.27. The Morgan fingerprint density at radius 2 is 1.73 bits per heavy atom. The van der Waals surface area contributed by atoms with E-state index in [2.05, 4.69) is 29.1 Å². The molecule has 1 N–H and O–H groups in total. The number of hydrogen-bond donors (Lipinski definition) is 1. The zero-order chi connectivity index (χ0) is 19.1. The highest BCUT2D eigenvalue weighted by Crippen LogP contribution is 2.39. The van der Waals surface area contributed by atoms with Gasteiger partial charge in [-0.2, -0.15) is 0 Å². The molecule has 1 aliphatic rings. The monoisotopic (exact) mass is 363 g/mol. The number of nitrogens with zero attached hydrogens (tertiary/aromatic N) is 2. The number of aliphatic imine (C=N–C) groups is 1. The zero-order valence-corrected chi connectivity index (χ0v) is 17.0. The van der Waals surface area contributed by atoms with Gasteiger partial charge in [0.15, 0.2) is 17.5 Å². The second-order valence-electron chi connectivity index (χ2n) is 7.07. The molecule has 1 aromatic rings. The van der Waals surface area contributed by atoms with Crippen molar-refractivity contribution in [1.82, 2.24) is 10.2 Å². The number of methoxy groups -OCH3 is 3. The molecule has 0 amide bonds. The van der Waals surface area contributed by atoms with Gasteiger partial charge in [-0.15, -0.1) is 0 Å². The van der Waals surface area contributed by atoms with Crippen LogP contribution < -0.4 is 19.5 Å². The van der Waals surface area contributed by atoms with Gasteiger partial charge >= 0.3 is 0 Å². The zero-order valence-electron chi connectivity index (χ0n) is 17.0. The molecule has 2 unspecified atom stereocenters. The molecule has 6 heteroatoms. The van der Waals surface area contributed by atoms with Gasteiger partial charge in [-0.25, -0.2) is 0 Å². The van der Waals surface area contributed by atoms with Gasteiger partial charge in [0.2, 0.25) is 5.75 Å². The Hall–Kier alpha value is -2.11. The van der Waals surface area contributed by atoms with Gasteiger partial charge < -0.3 is 24.4 Å². The van der Waals surface area contributed by atoms with Crippen molar-refractivity contribution in [3.05, 3.63) is 17.7 Å². The summed E-state index contributed by atoms with van der Waals surface area (Å²) in [4.78, 5) is 6.84. The minimum Gasteiger partial charge on any atom is -0.493 e. The van der Waals surface area contributed by atoms with E-state index >= 15 is 0 Å². The maximum absolute atomic E-state index is 5.56. The van der Waals surface area contributed by atoms with Crippen LogP contribution in [-0.2, 0) is 6.42 Å². The average Bonchev–Trinajstić information content (AvgIpc) is 2.63. The van der Waals surface area contributed by atoms with E-state index in [1.807, 2.05) is 19.2 Å². The average molecular weight is 364 g/mol. The second kappa shape index (κ2) is 9.55. The summed E-state index contributed by atoms with van der Waals surface area (Å²) in [7, 11) is 6.76. The van der Waals surface area contributed by atoms with E-state index in [4.69, 9.17) is 14.2 Å². The maximum Gasteiger partial charge on any atom is 0.203 e. The molecule has 26 heavy (non-hydrogen) atoms. The van der Waals surface area contributed by atoms with Crippen LogP contribution in [0.2, 0.25) is 0 Å². The fourth-order valence-electron chi connectivity index (χ4n) is 3.84. The van der Waals surface area contributed by atoms with E-state index in [1.54, 1.807) is 21.3 Å². The van der Waals surface area contributed by atoms with Gasteiger partial charge in [0.05, 0.1) is 21.3 Å². The lowest BCUT2D eigenvalue weighted by Gasteiger charge is -2.37. The first-order chi connectivity index (χ1) is 12.5. The Kier molecular flexibility index (Phi) is 7.42. The summed E-state index contributed by atoms with van der Waals surface area (Å²) in [5.74, 6) is 4.40. The third-order valence-electron chi connectivity index (χ3n) is 4.84. The molecule has 1 aliphatic heterocycles. The fraction of sp³-hybridized carbons (Fsp3) is 0.650. The van der Waals surface area contributed by atoms with Crippen LogP contribution in [0.3, 0.4) is 0 Å². The summed E-state index contributed by atoms with van der Waals surface area (Å²) in [6, 6.07) is 3.94. The van der Waals surface area contributed by atoms with E-state index in [9.17, 15) is 0 Å². The molecule has 2 atom stereocenters. The highest BCUT2D eigenvalue weighted by atomic mass is 16.5. The van der Waals surface area contributed by atoms with Crippen LogP contribution in [0.15, 0.2) is 17.1 Å². The van der Waals surface area contributed by atoms with Gasteiger partial charge in [-0.1, -0.05) is 19.9 Å². The van der Waals surface area contributed by atoms with Crippen LogP contribution in [0.1, 0.15) is 25.8 Å². The van der Waals surface area contributed by atoms with Gasteiger partial charge in [0.1, 0.15) is 0 Å². The molecule has 0 radical (unpaired) electrons. The number of hydrogen-bond acceptors (Lipinski definition) is 4. The smallest absolute Gasteiger partial charge is 0.203 e. The number of rotatable bonds is 6. The second-order valence-corrected chi connectivity index (χ2v) is 7.07. The summed E-state index contributed by atoms with van der Waals surface area (Å²) in [5, 5.41) is 3.49. The van der Waals surface area contributed by atoms with Crippen LogP contribution in [0.4, 0.5) is 0 Å². The van der Waals surface area contributed by atoms with Gasteiger partial charge in [0, 0.05) is 32.2 Å². The summed E-state index contributed by atoms with van der Waals surface area (Å²) >= 11 is 0. The molecule has 146 valence electrons. The number of likely N-dealkylation sites (tertiary alicyclic amines) is 1. The topological polar surface area (TPSA) is 55.3 Å². The molecule has 1 aromatic carbocycles. The molecule has 0 aliphatic carbocycles. The van der Waals surface area contributed by atoms with Crippen molar-refractivity contribution >= 4 is 5.96 Å². The first kappa shape index (κ1) is 20.2. The van der Waals surface area contributed by atoms with Crippen molar-refractivity contribution in [2.75, 3.05) is 48.0 Å². The van der Waals surface area contributed by atoms with Crippen LogP contribution in [0.25, 0.3) is 0 Å². The molecular weight excluding hydrogens is 330 g/mol. The first-order valence-corrected chi connectivity index (χ1v) is 9.27. The van der Waals surface area contributed by atoms with Crippen LogP contribution in [-0.4, -0.2) is 58.9 Å². The van der Waals surface area contributed by atoms with E-state index in [-0.39, 0.29) is 0 Å². The predicted molar refractivity (Wildman–Crippen MR) is 106 cm³/mol. The minimum atomic E-state index is 0.635. The van der Waals surface area contributed by atoms with Gasteiger partial charge in [0.25, 0.3) is 0 Å². The highest BCUT2D eigenvalue weighted by molar-refractivity contribution is 5.80. The Morgan fingerprint density at radius 1 is 1.08 bits per heavy atom. The summed E-state index contributed by atoms with van der Waals surface area (Å²) in [6.07, 6.45) is 2.10. The normalized spacial score (nSPS) is 20.7. The maximum atomic E-state index is 5.56. The van der Waals surface area contributed by atoms with Crippen molar-refractivity contribution in [3.8, 4) is 17.2 Å². The third-order valence-corrected chi connectivity index (χ3v) is 4.84. The molecule has 0 spiro atoms. The predicted octanol–water partition coefficient (Wildman–Crippen LogP) is 2.81. The number of benzene rings is 1. The molecule has 0 aromatic heterocycles. The third kappa shape index (κ3) is 4.74. The molecule has 0 saturated carbocycles. The largest absolute Gasteiger partial charge is 0.493 e. The standard InChI is InChI=1S/C20H33N3O3/c1-14-11-15(2)13-23(12-14)20(21-3)22-10-9-16-7-8-17(24-4)19(26-6)18(16)25-5/h7-8,14-15H,9-13H2,1-6H3,(H,21,22). The van der Waals surface area contributed by atoms with Gasteiger partial charge in [-0.05, 0) is 30.7 Å². The van der Waals surface area contributed by atoms with Crippen molar-refractivity contribution in [1.29, 1.82) is 0 Å². The van der Waals surface area contributed by atoms with E-state index in [1.165, 1.54) is 6.42 Å². The van der Waals surface area contributed by atoms with Crippen molar-refractivity contribution in [3.63, 3.8) is 0 Å². The van der Waals surface area contributed by atoms with E-state index in [0.29, 0.717) is 23.3 Å². The van der Waals surface area contributed by atoms with Gasteiger partial charge in [-0.3, -0.25) is 4.99 Å². The summed E-state index contributed by atoms with van der Waals surface area (Å²) in [6.45, 7) is 7.51. The Labute approximate surface area is 157 Å². The molecule has 2 rings (SSSR count). The van der Waals surface area contributed by atoms with E-state index < -0.39 is 0 Å². The minimum absolute atomic E-state index is 0.635. The molecular formula is C20H33N3O3. The van der Waals surface area contributed by atoms with E-state index in [0.717, 1.165) is 43.3 Å². The summed E-state index contributed by atoms with van der Waals surface area (Å²) < 4.78 is 16.4. The number of ether oxygens (including phenoxy) is 3. The SMILES string of the molecule is CN=C(NCCc1ccc(OC)c(OC)c1OC)N1CC(C)CC(C)C1. The Morgan fingerprint density at radius 3 is 2.27 bits per heavy atom. The number of piperidine rings is 1. The lowest BCUT2D eigenvalue weighted by molar-refractivity contribution is 0.208. The van der Waals surface area contributed by atoms with Crippen LogP contribution in [0.5, 0.6) is 17.2 Å². The number of guanidine groups is 1. The highest BCUT2D eigenvalue weighted by Gasteiger charge is 2.24. The Balaban J connectivity index is 2.02. The van der Waals surface area contributed by atoms with Crippen molar-refractivity contribution < 1.29 is 14.2 Å². The summed E-state index contributed by atoms with van der Waals surface area (Å²) in [5.41, 5.74) is 1.08. The lowest BCUT2D eigenvalue weighted by atomic mass is 9.92. The molecule has 1 saturated heterocycles. The molecule has 1 heterocycles. The fourth-order valence-corrected chi connectivity index (χ4v) is 3.84. The lowest BCUT2D eigenvalue weighted by Crippen LogP contribution is -2.48. The number of nitrogens with one attached hydrogen (secondary N) is 1.